The summed E-state index contributed by atoms with van der Waals surface area (Å²) in [6.45, 7) is 0. The Morgan fingerprint density at radius 1 is 1.38 bits per heavy atom. The van der Waals surface area contributed by atoms with E-state index >= 15 is 0 Å². The highest BCUT2D eigenvalue weighted by atomic mass is 16.5. The van der Waals surface area contributed by atoms with Crippen LogP contribution in [-0.2, 0) is 22.4 Å². The number of carbonyl (C=O) groups is 1. The highest BCUT2D eigenvalue weighted by Gasteiger charge is 2.38. The van der Waals surface area contributed by atoms with Gasteiger partial charge < -0.3 is 10.5 Å². The number of methoxy groups -OCH3 is 1. The van der Waals surface area contributed by atoms with Crippen molar-refractivity contribution in [2.45, 2.75) is 31.2 Å². The van der Waals surface area contributed by atoms with Crippen LogP contribution >= 0.6 is 0 Å². The van der Waals surface area contributed by atoms with Crippen molar-refractivity contribution in [3.05, 3.63) is 35.4 Å². The van der Waals surface area contributed by atoms with Gasteiger partial charge in [0.25, 0.3) is 0 Å². The van der Waals surface area contributed by atoms with Gasteiger partial charge in [-0.1, -0.05) is 24.3 Å². The number of benzene rings is 1. The zero-order chi connectivity index (χ0) is 11.6. The van der Waals surface area contributed by atoms with E-state index in [1.807, 2.05) is 24.3 Å². The first kappa shape index (κ1) is 11.1. The van der Waals surface area contributed by atoms with Gasteiger partial charge in [-0.15, -0.1) is 0 Å². The van der Waals surface area contributed by atoms with E-state index in [1.165, 1.54) is 12.7 Å². The number of esters is 1. The molecule has 1 aromatic carbocycles. The summed E-state index contributed by atoms with van der Waals surface area (Å²) in [5.41, 5.74) is 8.28. The molecule has 0 spiro atoms. The Hall–Kier alpha value is -1.35. The lowest BCUT2D eigenvalue weighted by atomic mass is 9.97. The summed E-state index contributed by atoms with van der Waals surface area (Å²) in [6.07, 6.45) is 3.36. The largest absolute Gasteiger partial charge is 0.469 e. The number of carbonyl (C=O) groups excluding carboxylic acids is 1. The predicted molar refractivity (Wildman–Crippen MR) is 62.0 cm³/mol. The van der Waals surface area contributed by atoms with E-state index in [9.17, 15) is 4.79 Å². The summed E-state index contributed by atoms with van der Waals surface area (Å²) in [5, 5.41) is 0. The van der Waals surface area contributed by atoms with Gasteiger partial charge in [0, 0.05) is 5.54 Å². The van der Waals surface area contributed by atoms with Crippen LogP contribution in [0.4, 0.5) is 0 Å². The Morgan fingerprint density at radius 3 is 2.56 bits per heavy atom. The van der Waals surface area contributed by atoms with Gasteiger partial charge in [-0.25, -0.2) is 0 Å². The molecule has 86 valence electrons. The van der Waals surface area contributed by atoms with Gasteiger partial charge in [-0.3, -0.25) is 4.79 Å². The third-order valence-corrected chi connectivity index (χ3v) is 3.12. The molecule has 1 aromatic rings. The molecular formula is C13H17NO2. The molecule has 0 unspecified atom stereocenters. The predicted octanol–water partition coefficient (Wildman–Crippen LogP) is 1.44. The number of hydrogen-bond acceptors (Lipinski definition) is 3. The molecule has 0 radical (unpaired) electrons. The Morgan fingerprint density at radius 2 is 2.00 bits per heavy atom. The minimum atomic E-state index is -0.200. The van der Waals surface area contributed by atoms with Crippen LogP contribution < -0.4 is 5.73 Å². The highest BCUT2D eigenvalue weighted by molar-refractivity contribution is 5.72. The van der Waals surface area contributed by atoms with Crippen molar-refractivity contribution >= 4 is 5.97 Å². The van der Waals surface area contributed by atoms with Gasteiger partial charge in [0.2, 0.25) is 0 Å². The van der Waals surface area contributed by atoms with Gasteiger partial charge in [-0.05, 0) is 30.4 Å². The molecule has 0 amide bonds. The molecule has 3 heteroatoms. The van der Waals surface area contributed by atoms with E-state index in [2.05, 4.69) is 4.74 Å². The maximum absolute atomic E-state index is 11.3. The van der Waals surface area contributed by atoms with Gasteiger partial charge in [0.15, 0.2) is 0 Å². The van der Waals surface area contributed by atoms with Crippen LogP contribution in [0.25, 0.3) is 0 Å². The molecule has 1 saturated carbocycles. The second kappa shape index (κ2) is 4.26. The summed E-state index contributed by atoms with van der Waals surface area (Å²) in [6, 6.07) is 7.95. The van der Waals surface area contributed by atoms with Crippen molar-refractivity contribution in [2.75, 3.05) is 7.11 Å². The third kappa shape index (κ3) is 2.61. The summed E-state index contributed by atoms with van der Waals surface area (Å²) < 4.78 is 4.68. The fourth-order valence-corrected chi connectivity index (χ4v) is 1.85. The first-order valence-electron chi connectivity index (χ1n) is 5.55. The molecule has 1 aliphatic carbocycles. The van der Waals surface area contributed by atoms with E-state index in [4.69, 9.17) is 5.73 Å². The summed E-state index contributed by atoms with van der Waals surface area (Å²) in [4.78, 5) is 11.3. The van der Waals surface area contributed by atoms with E-state index in [0.717, 1.165) is 24.8 Å². The molecule has 0 aliphatic heterocycles. The SMILES string of the molecule is COC(=O)Cc1ccccc1CC1(N)CC1. The maximum Gasteiger partial charge on any atom is 0.309 e. The zero-order valence-electron chi connectivity index (χ0n) is 9.53. The normalized spacial score (nSPS) is 16.9. The lowest BCUT2D eigenvalue weighted by Crippen LogP contribution is -2.25. The van der Waals surface area contributed by atoms with Crippen molar-refractivity contribution in [3.8, 4) is 0 Å². The minimum absolute atomic E-state index is 0.0216. The van der Waals surface area contributed by atoms with E-state index < -0.39 is 0 Å². The van der Waals surface area contributed by atoms with Crippen molar-refractivity contribution in [2.24, 2.45) is 5.73 Å². The Balaban J connectivity index is 2.13. The molecule has 1 fully saturated rings. The molecule has 1 aliphatic rings. The van der Waals surface area contributed by atoms with Crippen LogP contribution in [0.15, 0.2) is 24.3 Å². The molecular weight excluding hydrogens is 202 g/mol. The molecule has 0 heterocycles. The molecule has 0 bridgehead atoms. The number of ether oxygens (including phenoxy) is 1. The third-order valence-electron chi connectivity index (χ3n) is 3.12. The molecule has 3 nitrogen and oxygen atoms in total. The molecule has 0 atom stereocenters. The van der Waals surface area contributed by atoms with Crippen LogP contribution in [0.5, 0.6) is 0 Å². The highest BCUT2D eigenvalue weighted by Crippen LogP contribution is 2.36. The Bertz CT molecular complexity index is 397. The van der Waals surface area contributed by atoms with Crippen LogP contribution in [-0.4, -0.2) is 18.6 Å². The van der Waals surface area contributed by atoms with Crippen molar-refractivity contribution in [3.63, 3.8) is 0 Å². The second-order valence-electron chi connectivity index (χ2n) is 4.56. The monoisotopic (exact) mass is 219 g/mol. The summed E-state index contributed by atoms with van der Waals surface area (Å²) in [7, 11) is 1.41. The fraction of sp³-hybridized carbons (Fsp3) is 0.462. The van der Waals surface area contributed by atoms with E-state index in [0.29, 0.717) is 6.42 Å². The maximum atomic E-state index is 11.3. The Kier molecular flexibility index (Phi) is 2.97. The molecule has 16 heavy (non-hydrogen) atoms. The Labute approximate surface area is 95.6 Å². The van der Waals surface area contributed by atoms with Gasteiger partial charge in [-0.2, -0.15) is 0 Å². The van der Waals surface area contributed by atoms with Gasteiger partial charge in [0.1, 0.15) is 0 Å². The quantitative estimate of drug-likeness (QED) is 0.779. The average molecular weight is 219 g/mol. The van der Waals surface area contributed by atoms with Crippen LogP contribution in [0.3, 0.4) is 0 Å². The number of hydrogen-bond donors (Lipinski definition) is 1. The summed E-state index contributed by atoms with van der Waals surface area (Å²) in [5.74, 6) is -0.200. The topological polar surface area (TPSA) is 52.3 Å². The van der Waals surface area contributed by atoms with Crippen LogP contribution in [0, 0.1) is 0 Å². The zero-order valence-corrected chi connectivity index (χ0v) is 9.53. The first-order chi connectivity index (χ1) is 7.63. The van der Waals surface area contributed by atoms with E-state index in [1.54, 1.807) is 0 Å². The molecule has 0 aromatic heterocycles. The van der Waals surface area contributed by atoms with Crippen LogP contribution in [0.1, 0.15) is 24.0 Å². The van der Waals surface area contributed by atoms with Gasteiger partial charge in [0.05, 0.1) is 13.5 Å². The van der Waals surface area contributed by atoms with Crippen molar-refractivity contribution < 1.29 is 9.53 Å². The summed E-state index contributed by atoms with van der Waals surface area (Å²) >= 11 is 0. The fourth-order valence-electron chi connectivity index (χ4n) is 1.85. The standard InChI is InChI=1S/C13H17NO2/c1-16-12(15)8-10-4-2-3-5-11(10)9-13(14)6-7-13/h2-5H,6-9,14H2,1H3. The van der Waals surface area contributed by atoms with Gasteiger partial charge >= 0.3 is 5.97 Å². The second-order valence-corrected chi connectivity index (χ2v) is 4.56. The van der Waals surface area contributed by atoms with Crippen molar-refractivity contribution in [1.29, 1.82) is 0 Å². The average Bonchev–Trinajstić information content (AvgIpc) is 2.99. The molecule has 2 N–H and O–H groups in total. The smallest absolute Gasteiger partial charge is 0.309 e. The lowest BCUT2D eigenvalue weighted by molar-refractivity contribution is -0.139. The first-order valence-corrected chi connectivity index (χ1v) is 5.55. The molecule has 2 rings (SSSR count). The number of rotatable bonds is 4. The minimum Gasteiger partial charge on any atom is -0.469 e. The lowest BCUT2D eigenvalue weighted by Gasteiger charge is -2.12. The van der Waals surface area contributed by atoms with Crippen molar-refractivity contribution in [1.82, 2.24) is 0 Å². The van der Waals surface area contributed by atoms with E-state index in [-0.39, 0.29) is 11.5 Å². The molecule has 0 saturated heterocycles. The van der Waals surface area contributed by atoms with Crippen LogP contribution in [0.2, 0.25) is 0 Å². The number of nitrogens with two attached hydrogens (primary N) is 1.